The quantitative estimate of drug-likeness (QED) is 0.546. The fourth-order valence-corrected chi connectivity index (χ4v) is 3.23. The zero-order valence-electron chi connectivity index (χ0n) is 15.9. The number of aryl methyl sites for hydroxylation is 1. The lowest BCUT2D eigenvalue weighted by atomic mass is 10.2. The SMILES string of the molecule is CCC(=O)Nc1cccc(NC(=O)Cc2csc(NC(=O)c3ccoc3C)n2)c1. The van der Waals surface area contributed by atoms with Gasteiger partial charge in [-0.2, -0.15) is 0 Å². The number of anilines is 3. The number of thiazole rings is 1. The van der Waals surface area contributed by atoms with Gasteiger partial charge in [0.2, 0.25) is 11.8 Å². The molecule has 0 saturated heterocycles. The summed E-state index contributed by atoms with van der Waals surface area (Å²) >= 11 is 1.24. The lowest BCUT2D eigenvalue weighted by Gasteiger charge is -2.08. The number of rotatable bonds is 7. The highest BCUT2D eigenvalue weighted by Gasteiger charge is 2.14. The molecule has 1 aromatic carbocycles. The van der Waals surface area contributed by atoms with E-state index in [0.717, 1.165) is 0 Å². The second-order valence-electron chi connectivity index (χ2n) is 6.20. The molecule has 0 saturated carbocycles. The van der Waals surface area contributed by atoms with E-state index in [4.69, 9.17) is 4.42 Å². The number of carbonyl (C=O) groups excluding carboxylic acids is 3. The van der Waals surface area contributed by atoms with Gasteiger partial charge in [-0.1, -0.05) is 13.0 Å². The number of aromatic nitrogens is 1. The summed E-state index contributed by atoms with van der Waals surface area (Å²) in [5.41, 5.74) is 2.17. The van der Waals surface area contributed by atoms with Crippen molar-refractivity contribution in [2.45, 2.75) is 26.7 Å². The topological polar surface area (TPSA) is 113 Å². The number of furan rings is 1. The van der Waals surface area contributed by atoms with Crippen LogP contribution in [-0.4, -0.2) is 22.7 Å². The molecule has 0 aliphatic carbocycles. The molecule has 0 aliphatic rings. The number of hydrogen-bond acceptors (Lipinski definition) is 6. The van der Waals surface area contributed by atoms with Crippen LogP contribution in [0.1, 0.15) is 35.2 Å². The Morgan fingerprint density at radius 2 is 1.79 bits per heavy atom. The van der Waals surface area contributed by atoms with Crippen LogP contribution < -0.4 is 16.0 Å². The van der Waals surface area contributed by atoms with E-state index in [-0.39, 0.29) is 24.1 Å². The van der Waals surface area contributed by atoms with E-state index in [9.17, 15) is 14.4 Å². The highest BCUT2D eigenvalue weighted by Crippen LogP contribution is 2.19. The summed E-state index contributed by atoms with van der Waals surface area (Å²) in [7, 11) is 0. The summed E-state index contributed by atoms with van der Waals surface area (Å²) in [5.74, 6) is -0.141. The summed E-state index contributed by atoms with van der Waals surface area (Å²) in [6, 6.07) is 8.50. The first kappa shape index (κ1) is 20.3. The van der Waals surface area contributed by atoms with Crippen LogP contribution in [0, 0.1) is 6.92 Å². The van der Waals surface area contributed by atoms with Gasteiger partial charge in [0.1, 0.15) is 5.76 Å². The highest BCUT2D eigenvalue weighted by molar-refractivity contribution is 7.14. The van der Waals surface area contributed by atoms with Crippen LogP contribution in [0.3, 0.4) is 0 Å². The second kappa shape index (κ2) is 9.16. The molecule has 0 radical (unpaired) electrons. The first-order chi connectivity index (χ1) is 13.9. The molecule has 3 amide bonds. The summed E-state index contributed by atoms with van der Waals surface area (Å²) in [5, 5.41) is 10.3. The van der Waals surface area contributed by atoms with Crippen molar-refractivity contribution < 1.29 is 18.8 Å². The largest absolute Gasteiger partial charge is 0.469 e. The van der Waals surface area contributed by atoms with Crippen molar-refractivity contribution in [1.29, 1.82) is 0 Å². The lowest BCUT2D eigenvalue weighted by Crippen LogP contribution is -2.15. The van der Waals surface area contributed by atoms with Crippen LogP contribution in [0.5, 0.6) is 0 Å². The molecule has 3 rings (SSSR count). The number of benzene rings is 1. The highest BCUT2D eigenvalue weighted by atomic mass is 32.1. The minimum absolute atomic E-state index is 0.0582. The molecule has 8 nitrogen and oxygen atoms in total. The summed E-state index contributed by atoms with van der Waals surface area (Å²) in [6.45, 7) is 3.47. The maximum absolute atomic E-state index is 12.3. The third-order valence-corrected chi connectivity index (χ3v) is 4.78. The summed E-state index contributed by atoms with van der Waals surface area (Å²) in [4.78, 5) is 40.3. The van der Waals surface area contributed by atoms with Gasteiger partial charge >= 0.3 is 0 Å². The number of hydrogen-bond donors (Lipinski definition) is 3. The maximum Gasteiger partial charge on any atom is 0.260 e. The maximum atomic E-state index is 12.3. The third-order valence-electron chi connectivity index (χ3n) is 3.97. The van der Waals surface area contributed by atoms with Gasteiger partial charge in [0, 0.05) is 23.2 Å². The number of nitrogens with zero attached hydrogens (tertiary/aromatic N) is 1. The average molecular weight is 412 g/mol. The number of nitrogens with one attached hydrogen (secondary N) is 3. The monoisotopic (exact) mass is 412 g/mol. The minimum atomic E-state index is -0.312. The Morgan fingerprint density at radius 3 is 2.45 bits per heavy atom. The summed E-state index contributed by atoms with van der Waals surface area (Å²) < 4.78 is 5.12. The van der Waals surface area contributed by atoms with Crippen LogP contribution in [0.2, 0.25) is 0 Å². The Labute approximate surface area is 171 Å². The van der Waals surface area contributed by atoms with Gasteiger partial charge in [0.15, 0.2) is 5.13 Å². The third kappa shape index (κ3) is 5.52. The first-order valence-corrected chi connectivity index (χ1v) is 9.82. The number of amides is 3. The minimum Gasteiger partial charge on any atom is -0.469 e. The molecule has 2 aromatic heterocycles. The predicted molar refractivity (Wildman–Crippen MR) is 111 cm³/mol. The van der Waals surface area contributed by atoms with Crippen molar-refractivity contribution in [3.63, 3.8) is 0 Å². The molecule has 3 aromatic rings. The smallest absolute Gasteiger partial charge is 0.260 e. The average Bonchev–Trinajstić information content (AvgIpc) is 3.30. The van der Waals surface area contributed by atoms with E-state index < -0.39 is 0 Å². The van der Waals surface area contributed by atoms with Crippen LogP contribution in [-0.2, 0) is 16.0 Å². The molecule has 29 heavy (non-hydrogen) atoms. The van der Waals surface area contributed by atoms with Crippen LogP contribution in [0.25, 0.3) is 0 Å². The van der Waals surface area contributed by atoms with Gasteiger partial charge < -0.3 is 15.1 Å². The van der Waals surface area contributed by atoms with Crippen molar-refractivity contribution in [1.82, 2.24) is 4.98 Å². The number of carbonyl (C=O) groups is 3. The van der Waals surface area contributed by atoms with E-state index >= 15 is 0 Å². The van der Waals surface area contributed by atoms with E-state index in [1.165, 1.54) is 17.6 Å². The fraction of sp³-hybridized carbons (Fsp3) is 0.200. The van der Waals surface area contributed by atoms with Gasteiger partial charge in [0.05, 0.1) is 23.9 Å². The molecular weight excluding hydrogens is 392 g/mol. The molecule has 0 spiro atoms. The molecule has 0 unspecified atom stereocenters. The van der Waals surface area contributed by atoms with Crippen LogP contribution in [0.4, 0.5) is 16.5 Å². The van der Waals surface area contributed by atoms with Crippen molar-refractivity contribution in [2.75, 3.05) is 16.0 Å². The Balaban J connectivity index is 1.56. The van der Waals surface area contributed by atoms with Gasteiger partial charge in [0.25, 0.3) is 5.91 Å². The molecule has 2 heterocycles. The van der Waals surface area contributed by atoms with Gasteiger partial charge in [-0.15, -0.1) is 11.3 Å². The van der Waals surface area contributed by atoms with E-state index in [1.54, 1.807) is 49.6 Å². The molecule has 0 aliphatic heterocycles. The van der Waals surface area contributed by atoms with Crippen molar-refractivity contribution in [3.05, 3.63) is 59.0 Å². The Bertz CT molecular complexity index is 1040. The van der Waals surface area contributed by atoms with Gasteiger partial charge in [-0.05, 0) is 31.2 Å². The lowest BCUT2D eigenvalue weighted by molar-refractivity contribution is -0.116. The predicted octanol–water partition coefficient (Wildman–Crippen LogP) is 3.83. The normalized spacial score (nSPS) is 10.4. The molecular formula is C20H20N4O4S. The van der Waals surface area contributed by atoms with Crippen molar-refractivity contribution in [2.24, 2.45) is 0 Å². The van der Waals surface area contributed by atoms with Crippen LogP contribution >= 0.6 is 11.3 Å². The Morgan fingerprint density at radius 1 is 1.07 bits per heavy atom. The first-order valence-electron chi connectivity index (χ1n) is 8.94. The van der Waals surface area contributed by atoms with E-state index in [2.05, 4.69) is 20.9 Å². The van der Waals surface area contributed by atoms with Gasteiger partial charge in [-0.3, -0.25) is 19.7 Å². The van der Waals surface area contributed by atoms with Crippen LogP contribution in [0.15, 0.2) is 46.4 Å². The standard InChI is InChI=1S/C20H20N4O4S/c1-3-17(25)21-13-5-4-6-14(9-13)22-18(26)10-15-11-29-20(23-15)24-19(27)16-7-8-28-12(16)2/h4-9,11H,3,10H2,1-2H3,(H,21,25)(H,22,26)(H,23,24,27). The van der Waals surface area contributed by atoms with Crippen molar-refractivity contribution in [3.8, 4) is 0 Å². The second-order valence-corrected chi connectivity index (χ2v) is 7.05. The van der Waals surface area contributed by atoms with Crippen molar-refractivity contribution >= 4 is 45.6 Å². The summed E-state index contributed by atoms with van der Waals surface area (Å²) in [6.07, 6.45) is 1.88. The van der Waals surface area contributed by atoms with E-state index in [1.807, 2.05) is 0 Å². The molecule has 150 valence electrons. The Kier molecular flexibility index (Phi) is 6.40. The Hall–Kier alpha value is -3.46. The zero-order valence-corrected chi connectivity index (χ0v) is 16.8. The molecule has 0 bridgehead atoms. The van der Waals surface area contributed by atoms with Gasteiger partial charge in [-0.25, -0.2) is 4.98 Å². The molecule has 0 atom stereocenters. The van der Waals surface area contributed by atoms with E-state index in [0.29, 0.717) is 39.9 Å². The fourth-order valence-electron chi connectivity index (χ4n) is 2.52. The zero-order chi connectivity index (χ0) is 20.8. The molecule has 3 N–H and O–H groups in total. The molecule has 9 heteroatoms. The molecule has 0 fully saturated rings.